The molecule has 1 unspecified atom stereocenters. The van der Waals surface area contributed by atoms with Crippen molar-refractivity contribution in [2.75, 3.05) is 46.4 Å². The number of hydrogen-bond donors (Lipinski definition) is 1. The first kappa shape index (κ1) is 13.4. The molecule has 16 heavy (non-hydrogen) atoms. The molecule has 0 bridgehead atoms. The molecule has 0 radical (unpaired) electrons. The van der Waals surface area contributed by atoms with Gasteiger partial charge in [0.05, 0.1) is 20.1 Å². The van der Waals surface area contributed by atoms with Gasteiger partial charge in [-0.15, -0.1) is 0 Å². The predicted molar refractivity (Wildman–Crippen MR) is 61.2 cm³/mol. The Hall–Kier alpha value is -0.650. The van der Waals surface area contributed by atoms with Crippen molar-refractivity contribution in [3.8, 4) is 0 Å². The van der Waals surface area contributed by atoms with Crippen LogP contribution in [0.1, 0.15) is 13.3 Å². The predicted octanol–water partition coefficient (Wildman–Crippen LogP) is -0.452. The number of aliphatic hydroxyl groups excluding tert-OH is 1. The Morgan fingerprint density at radius 3 is 2.50 bits per heavy atom. The minimum absolute atomic E-state index is 0.148. The molecular weight excluding hydrogens is 208 g/mol. The van der Waals surface area contributed by atoms with Gasteiger partial charge in [0, 0.05) is 38.8 Å². The van der Waals surface area contributed by atoms with Gasteiger partial charge in [-0.2, -0.15) is 0 Å². The summed E-state index contributed by atoms with van der Waals surface area (Å²) in [6, 6.07) is 0.240. The Labute approximate surface area is 97.0 Å². The molecule has 0 aliphatic carbocycles. The van der Waals surface area contributed by atoms with Crippen molar-refractivity contribution >= 4 is 5.97 Å². The number of carbonyl (C=O) groups is 1. The van der Waals surface area contributed by atoms with Gasteiger partial charge in [0.1, 0.15) is 0 Å². The Morgan fingerprint density at radius 2 is 2.00 bits per heavy atom. The first-order chi connectivity index (χ1) is 7.67. The zero-order chi connectivity index (χ0) is 12.0. The number of methoxy groups -OCH3 is 1. The van der Waals surface area contributed by atoms with E-state index in [1.807, 2.05) is 0 Å². The van der Waals surface area contributed by atoms with Gasteiger partial charge in [0.25, 0.3) is 0 Å². The highest BCUT2D eigenvalue weighted by molar-refractivity contribution is 5.69. The van der Waals surface area contributed by atoms with E-state index in [-0.39, 0.29) is 18.6 Å². The normalized spacial score (nSPS) is 20.7. The van der Waals surface area contributed by atoms with E-state index < -0.39 is 0 Å². The van der Waals surface area contributed by atoms with Gasteiger partial charge in [-0.3, -0.25) is 14.6 Å². The van der Waals surface area contributed by atoms with Gasteiger partial charge < -0.3 is 9.84 Å². The molecule has 1 saturated heterocycles. The van der Waals surface area contributed by atoms with Crippen LogP contribution in [-0.4, -0.2) is 73.4 Å². The molecule has 1 fully saturated rings. The Kier molecular flexibility index (Phi) is 5.73. The lowest BCUT2D eigenvalue weighted by molar-refractivity contribution is -0.142. The molecule has 0 aromatic rings. The number of aliphatic hydroxyl groups is 1. The zero-order valence-electron chi connectivity index (χ0n) is 10.2. The molecule has 0 spiro atoms. The van der Waals surface area contributed by atoms with Crippen LogP contribution in [0.15, 0.2) is 0 Å². The minimum atomic E-state index is -0.148. The van der Waals surface area contributed by atoms with Crippen molar-refractivity contribution in [1.82, 2.24) is 9.80 Å². The second-order valence-electron chi connectivity index (χ2n) is 4.23. The molecule has 1 heterocycles. The molecule has 0 amide bonds. The molecule has 0 saturated carbocycles. The minimum Gasteiger partial charge on any atom is -0.469 e. The van der Waals surface area contributed by atoms with E-state index in [4.69, 9.17) is 5.11 Å². The van der Waals surface area contributed by atoms with Crippen molar-refractivity contribution in [3.05, 3.63) is 0 Å². The van der Waals surface area contributed by atoms with Crippen LogP contribution in [0.25, 0.3) is 0 Å². The summed E-state index contributed by atoms with van der Waals surface area (Å²) in [5, 5.41) is 8.83. The lowest BCUT2D eigenvalue weighted by Crippen LogP contribution is -2.50. The van der Waals surface area contributed by atoms with Gasteiger partial charge in [-0.25, -0.2) is 0 Å². The fraction of sp³-hybridized carbons (Fsp3) is 0.909. The first-order valence-corrected chi connectivity index (χ1v) is 5.81. The second-order valence-corrected chi connectivity index (χ2v) is 4.23. The largest absolute Gasteiger partial charge is 0.469 e. The molecule has 1 atom stereocenters. The highest BCUT2D eigenvalue weighted by Crippen LogP contribution is 2.09. The van der Waals surface area contributed by atoms with Crippen LogP contribution in [0.4, 0.5) is 0 Å². The molecule has 0 aromatic heterocycles. The quantitative estimate of drug-likeness (QED) is 0.648. The second kappa shape index (κ2) is 6.83. The molecular formula is C11H22N2O3. The van der Waals surface area contributed by atoms with E-state index in [1.165, 1.54) is 7.11 Å². The first-order valence-electron chi connectivity index (χ1n) is 5.81. The van der Waals surface area contributed by atoms with E-state index in [9.17, 15) is 4.79 Å². The molecule has 5 nitrogen and oxygen atoms in total. The summed E-state index contributed by atoms with van der Waals surface area (Å²) < 4.78 is 4.66. The topological polar surface area (TPSA) is 53.0 Å². The number of hydrogen-bond acceptors (Lipinski definition) is 5. The third-order valence-electron chi connectivity index (χ3n) is 3.14. The number of piperazine rings is 1. The lowest BCUT2D eigenvalue weighted by atomic mass is 10.1. The summed E-state index contributed by atoms with van der Waals surface area (Å²) in [6.07, 6.45) is 0.455. The number of esters is 1. The third kappa shape index (κ3) is 4.08. The van der Waals surface area contributed by atoms with Crippen LogP contribution >= 0.6 is 0 Å². The highest BCUT2D eigenvalue weighted by Gasteiger charge is 2.22. The van der Waals surface area contributed by atoms with E-state index in [2.05, 4.69) is 21.5 Å². The van der Waals surface area contributed by atoms with Gasteiger partial charge in [0.2, 0.25) is 0 Å². The Balaban J connectivity index is 2.27. The maximum Gasteiger partial charge on any atom is 0.307 e. The number of carbonyl (C=O) groups excluding carboxylic acids is 1. The van der Waals surface area contributed by atoms with Crippen molar-refractivity contribution < 1.29 is 14.6 Å². The van der Waals surface area contributed by atoms with Crippen molar-refractivity contribution in [2.45, 2.75) is 19.4 Å². The smallest absolute Gasteiger partial charge is 0.307 e. The van der Waals surface area contributed by atoms with Crippen molar-refractivity contribution in [3.63, 3.8) is 0 Å². The van der Waals surface area contributed by atoms with Gasteiger partial charge >= 0.3 is 5.97 Å². The summed E-state index contributed by atoms with van der Waals surface area (Å²) >= 11 is 0. The molecule has 5 heteroatoms. The number of rotatable bonds is 5. The summed E-state index contributed by atoms with van der Waals surface area (Å²) in [5.41, 5.74) is 0. The molecule has 94 valence electrons. The summed E-state index contributed by atoms with van der Waals surface area (Å²) in [6.45, 7) is 6.87. The SMILES string of the molecule is COC(=O)CC(C)N1CCN(CCO)CC1. The maximum absolute atomic E-state index is 11.1. The standard InChI is InChI=1S/C11H22N2O3/c1-10(9-11(15)16-2)13-5-3-12(4-6-13)7-8-14/h10,14H,3-9H2,1-2H3. The van der Waals surface area contributed by atoms with Crippen molar-refractivity contribution in [1.29, 1.82) is 0 Å². The van der Waals surface area contributed by atoms with Crippen LogP contribution in [0, 0.1) is 0 Å². The van der Waals surface area contributed by atoms with Gasteiger partial charge in [0.15, 0.2) is 0 Å². The van der Waals surface area contributed by atoms with Crippen LogP contribution < -0.4 is 0 Å². The summed E-state index contributed by atoms with van der Waals surface area (Å²) in [4.78, 5) is 15.7. The van der Waals surface area contributed by atoms with E-state index in [1.54, 1.807) is 0 Å². The molecule has 1 aliphatic rings. The molecule has 1 aliphatic heterocycles. The highest BCUT2D eigenvalue weighted by atomic mass is 16.5. The van der Waals surface area contributed by atoms with E-state index >= 15 is 0 Å². The van der Waals surface area contributed by atoms with Crippen LogP contribution in [0.5, 0.6) is 0 Å². The fourth-order valence-electron chi connectivity index (χ4n) is 2.02. The average molecular weight is 230 g/mol. The van der Waals surface area contributed by atoms with E-state index in [0.29, 0.717) is 6.42 Å². The molecule has 1 N–H and O–H groups in total. The zero-order valence-corrected chi connectivity index (χ0v) is 10.2. The number of nitrogens with zero attached hydrogens (tertiary/aromatic N) is 2. The Bertz CT molecular complexity index is 215. The summed E-state index contributed by atoms with van der Waals surface area (Å²) in [7, 11) is 1.42. The molecule has 0 aromatic carbocycles. The van der Waals surface area contributed by atoms with E-state index in [0.717, 1.165) is 32.7 Å². The number of β-amino-alcohol motifs (C(OH)–C–C–N with tert-alkyl or cyclic N) is 1. The van der Waals surface area contributed by atoms with Crippen LogP contribution in [0.2, 0.25) is 0 Å². The maximum atomic E-state index is 11.1. The Morgan fingerprint density at radius 1 is 1.38 bits per heavy atom. The molecule has 1 rings (SSSR count). The van der Waals surface area contributed by atoms with Crippen molar-refractivity contribution in [2.24, 2.45) is 0 Å². The fourth-order valence-corrected chi connectivity index (χ4v) is 2.02. The number of ether oxygens (including phenoxy) is 1. The third-order valence-corrected chi connectivity index (χ3v) is 3.14. The lowest BCUT2D eigenvalue weighted by Gasteiger charge is -2.37. The monoisotopic (exact) mass is 230 g/mol. The van der Waals surface area contributed by atoms with Gasteiger partial charge in [-0.1, -0.05) is 0 Å². The van der Waals surface area contributed by atoms with Crippen LogP contribution in [0.3, 0.4) is 0 Å². The summed E-state index contributed by atoms with van der Waals surface area (Å²) in [5.74, 6) is -0.148. The van der Waals surface area contributed by atoms with Crippen LogP contribution in [-0.2, 0) is 9.53 Å². The average Bonchev–Trinajstić information content (AvgIpc) is 2.30. The van der Waals surface area contributed by atoms with Gasteiger partial charge in [-0.05, 0) is 6.92 Å².